The van der Waals surface area contributed by atoms with Crippen molar-refractivity contribution in [3.05, 3.63) is 0 Å². The van der Waals surface area contributed by atoms with Gasteiger partial charge in [0.05, 0.1) is 43.2 Å². The molecule has 0 spiro atoms. The number of esters is 2. The van der Waals surface area contributed by atoms with E-state index in [1.807, 2.05) is 0 Å². The number of epoxide rings is 2. The van der Waals surface area contributed by atoms with Gasteiger partial charge in [0.15, 0.2) is 6.10 Å². The Morgan fingerprint density at radius 2 is 1.02 bits per heavy atom. The summed E-state index contributed by atoms with van der Waals surface area (Å²) in [6, 6.07) is 0. The molecule has 2 saturated heterocycles. The van der Waals surface area contributed by atoms with Crippen molar-refractivity contribution >= 4 is 11.9 Å². The summed E-state index contributed by atoms with van der Waals surface area (Å²) < 4.78 is 22.1. The van der Waals surface area contributed by atoms with Gasteiger partial charge in [0, 0.05) is 25.7 Å². The van der Waals surface area contributed by atoms with E-state index in [1.54, 1.807) is 0 Å². The lowest BCUT2D eigenvalue weighted by Gasteiger charge is -2.15. The number of aliphatic hydroxyl groups is 3. The minimum atomic E-state index is -0.821. The molecule has 0 aromatic heterocycles. The van der Waals surface area contributed by atoms with Crippen molar-refractivity contribution in [1.29, 1.82) is 0 Å². The number of carbonyl (C=O) groups is 2. The minimum Gasteiger partial charge on any atom is -0.462 e. The van der Waals surface area contributed by atoms with Gasteiger partial charge in [0.1, 0.15) is 6.61 Å². The Kier molecular flexibility index (Phi) is 24.5. The van der Waals surface area contributed by atoms with Crippen molar-refractivity contribution in [2.75, 3.05) is 13.2 Å². The van der Waals surface area contributed by atoms with Crippen LogP contribution in [0.1, 0.15) is 181 Å². The third-order valence-electron chi connectivity index (χ3n) is 9.84. The summed E-state index contributed by atoms with van der Waals surface area (Å²) in [6.07, 6.45) is 25.2. The number of aliphatic hydroxyl groups excluding tert-OH is 3. The molecule has 0 amide bonds. The maximum absolute atomic E-state index is 12.2. The van der Waals surface area contributed by atoms with Gasteiger partial charge in [-0.05, 0) is 38.5 Å². The van der Waals surface area contributed by atoms with Crippen LogP contribution in [0.15, 0.2) is 0 Å². The number of hydrogen-bond donors (Lipinski definition) is 3. The van der Waals surface area contributed by atoms with Gasteiger partial charge in [-0.15, -0.1) is 0 Å². The fourth-order valence-electron chi connectivity index (χ4n) is 6.58. The Bertz CT molecular complexity index is 808. The number of carbonyl (C=O) groups excluding carboxylic acids is 2. The van der Waals surface area contributed by atoms with E-state index < -0.39 is 6.10 Å². The zero-order valence-corrected chi connectivity index (χ0v) is 30.6. The average Bonchev–Trinajstić information content (AvgIpc) is 3.99. The fourth-order valence-corrected chi connectivity index (χ4v) is 6.58. The maximum Gasteiger partial charge on any atom is 0.306 e. The third kappa shape index (κ3) is 22.5. The van der Waals surface area contributed by atoms with Crippen LogP contribution in [-0.2, 0) is 28.5 Å². The first-order valence-electron chi connectivity index (χ1n) is 20.0. The van der Waals surface area contributed by atoms with E-state index in [1.165, 1.54) is 38.5 Å². The van der Waals surface area contributed by atoms with E-state index in [9.17, 15) is 24.9 Å². The van der Waals surface area contributed by atoms with E-state index in [-0.39, 0.29) is 49.6 Å². The van der Waals surface area contributed by atoms with Gasteiger partial charge >= 0.3 is 11.9 Å². The van der Waals surface area contributed by atoms with Gasteiger partial charge in [-0.2, -0.15) is 0 Å². The van der Waals surface area contributed by atoms with E-state index in [2.05, 4.69) is 13.8 Å². The van der Waals surface area contributed by atoms with Crippen molar-refractivity contribution < 1.29 is 43.9 Å². The largest absolute Gasteiger partial charge is 0.462 e. The summed E-state index contributed by atoms with van der Waals surface area (Å²) in [4.78, 5) is 24.3. The van der Waals surface area contributed by atoms with E-state index in [0.29, 0.717) is 25.0 Å². The summed E-state index contributed by atoms with van der Waals surface area (Å²) in [6.45, 7) is 3.91. The summed E-state index contributed by atoms with van der Waals surface area (Å²) in [7, 11) is 0. The summed E-state index contributed by atoms with van der Waals surface area (Å²) in [5, 5.41) is 29.9. The third-order valence-corrected chi connectivity index (χ3v) is 9.84. The van der Waals surface area contributed by atoms with Gasteiger partial charge in [-0.25, -0.2) is 0 Å². The second-order valence-electron chi connectivity index (χ2n) is 14.5. The van der Waals surface area contributed by atoms with E-state index >= 15 is 0 Å². The van der Waals surface area contributed by atoms with Crippen molar-refractivity contribution in [3.63, 3.8) is 0 Å². The summed E-state index contributed by atoms with van der Waals surface area (Å²) in [5.74, 6) is -0.692. The molecule has 3 N–H and O–H groups in total. The fraction of sp³-hybridized carbons (Fsp3) is 0.949. The minimum absolute atomic E-state index is 0.114. The SMILES string of the molecule is CCCCCCC(O)CC1OC1CCCCCCCC(=O)OCC(CO)OC(=O)CCCCCCCC1OC1CC(O)CCCCCC. The Labute approximate surface area is 292 Å². The van der Waals surface area contributed by atoms with E-state index in [0.717, 1.165) is 116 Å². The lowest BCUT2D eigenvalue weighted by molar-refractivity contribution is -0.161. The predicted molar refractivity (Wildman–Crippen MR) is 189 cm³/mol. The van der Waals surface area contributed by atoms with Crippen molar-refractivity contribution in [3.8, 4) is 0 Å². The molecule has 7 unspecified atom stereocenters. The number of hydrogen-bond acceptors (Lipinski definition) is 9. The van der Waals surface area contributed by atoms with Crippen molar-refractivity contribution in [2.24, 2.45) is 0 Å². The highest BCUT2D eigenvalue weighted by Gasteiger charge is 2.39. The van der Waals surface area contributed by atoms with Gasteiger partial charge in [0.25, 0.3) is 0 Å². The second-order valence-corrected chi connectivity index (χ2v) is 14.5. The first-order chi connectivity index (χ1) is 23.4. The van der Waals surface area contributed by atoms with Crippen LogP contribution in [0.3, 0.4) is 0 Å². The molecule has 0 bridgehead atoms. The number of ether oxygens (including phenoxy) is 4. The van der Waals surface area contributed by atoms with E-state index in [4.69, 9.17) is 18.9 Å². The normalized spacial score (nSPS) is 21.9. The molecule has 2 aliphatic heterocycles. The Balaban J connectivity index is 1.35. The molecule has 0 aromatic rings. The predicted octanol–water partition coefficient (Wildman–Crippen LogP) is 7.87. The number of unbranched alkanes of at least 4 members (excludes halogenated alkanes) is 14. The van der Waals surface area contributed by atoms with Crippen molar-refractivity contribution in [1.82, 2.24) is 0 Å². The monoisotopic (exact) mass is 685 g/mol. The van der Waals surface area contributed by atoms with Crippen LogP contribution in [0.2, 0.25) is 0 Å². The lowest BCUT2D eigenvalue weighted by atomic mass is 10.0. The van der Waals surface area contributed by atoms with Crippen LogP contribution >= 0.6 is 0 Å². The average molecular weight is 685 g/mol. The molecular weight excluding hydrogens is 612 g/mol. The van der Waals surface area contributed by atoms with Gasteiger partial charge in [-0.3, -0.25) is 9.59 Å². The Morgan fingerprint density at radius 1 is 0.583 bits per heavy atom. The zero-order valence-electron chi connectivity index (χ0n) is 30.6. The van der Waals surface area contributed by atoms with Crippen LogP contribution < -0.4 is 0 Å². The second kappa shape index (κ2) is 27.5. The van der Waals surface area contributed by atoms with Crippen LogP contribution in [0.4, 0.5) is 0 Å². The molecule has 0 aliphatic carbocycles. The van der Waals surface area contributed by atoms with Crippen LogP contribution in [0, 0.1) is 0 Å². The smallest absolute Gasteiger partial charge is 0.306 e. The molecular formula is C39H72O9. The maximum atomic E-state index is 12.2. The number of rotatable bonds is 34. The highest BCUT2D eigenvalue weighted by atomic mass is 16.6. The van der Waals surface area contributed by atoms with Gasteiger partial charge < -0.3 is 34.3 Å². The topological polar surface area (TPSA) is 138 Å². The molecule has 2 aliphatic rings. The first kappa shape index (κ1) is 42.9. The molecule has 7 atom stereocenters. The molecule has 9 nitrogen and oxygen atoms in total. The Morgan fingerprint density at radius 3 is 1.50 bits per heavy atom. The molecule has 9 heteroatoms. The van der Waals surface area contributed by atoms with Crippen LogP contribution in [0.5, 0.6) is 0 Å². The first-order valence-corrected chi connectivity index (χ1v) is 20.0. The molecule has 0 aromatic carbocycles. The zero-order chi connectivity index (χ0) is 34.8. The standard InChI is InChI=1S/C39H72O9/c1-3-5-7-15-21-31(41)27-36-34(47-36)23-17-11-9-13-19-25-38(43)45-30-33(29-40)46-39(44)26-20-14-10-12-18-24-35-37(48-35)28-32(42)22-16-8-6-4-2/h31-37,40-42H,3-30H2,1-2H3. The summed E-state index contributed by atoms with van der Waals surface area (Å²) in [5.41, 5.74) is 0. The van der Waals surface area contributed by atoms with Crippen LogP contribution in [0.25, 0.3) is 0 Å². The molecule has 48 heavy (non-hydrogen) atoms. The molecule has 0 saturated carbocycles. The van der Waals surface area contributed by atoms with Crippen molar-refractivity contribution in [2.45, 2.75) is 224 Å². The lowest BCUT2D eigenvalue weighted by Crippen LogP contribution is -2.28. The quantitative estimate of drug-likeness (QED) is 0.0351. The van der Waals surface area contributed by atoms with Gasteiger partial charge in [-0.1, -0.05) is 117 Å². The van der Waals surface area contributed by atoms with Gasteiger partial charge in [0.2, 0.25) is 0 Å². The van der Waals surface area contributed by atoms with Crippen LogP contribution in [-0.4, -0.2) is 83.2 Å². The highest BCUT2D eigenvalue weighted by molar-refractivity contribution is 5.70. The molecule has 0 radical (unpaired) electrons. The Hall–Kier alpha value is -1.26. The summed E-state index contributed by atoms with van der Waals surface area (Å²) >= 11 is 0. The highest BCUT2D eigenvalue weighted by Crippen LogP contribution is 2.33. The molecule has 2 fully saturated rings. The molecule has 2 rings (SSSR count). The molecule has 2 heterocycles. The molecule has 282 valence electrons.